The zero-order chi connectivity index (χ0) is 16.1. The highest BCUT2D eigenvalue weighted by Gasteiger charge is 2.18. The van der Waals surface area contributed by atoms with Gasteiger partial charge in [-0.1, -0.05) is 30.3 Å². The number of hydrogen-bond donors (Lipinski definition) is 1. The molecule has 0 saturated carbocycles. The molecular weight excluding hydrogens is 411 g/mol. The van der Waals surface area contributed by atoms with Gasteiger partial charge in [-0.2, -0.15) is 0 Å². The van der Waals surface area contributed by atoms with E-state index in [0.29, 0.717) is 0 Å². The van der Waals surface area contributed by atoms with Crippen molar-refractivity contribution in [3.8, 4) is 0 Å². The van der Waals surface area contributed by atoms with Crippen molar-refractivity contribution in [2.24, 2.45) is 4.99 Å². The van der Waals surface area contributed by atoms with E-state index in [0.717, 1.165) is 44.1 Å². The van der Waals surface area contributed by atoms with Crippen LogP contribution in [0, 0.1) is 6.92 Å². The normalized spacial score (nSPS) is 13.9. The maximum Gasteiger partial charge on any atom is 0.193 e. The third-order valence-electron chi connectivity index (χ3n) is 4.31. The molecule has 24 heavy (non-hydrogen) atoms. The van der Waals surface area contributed by atoms with Crippen LogP contribution in [0.5, 0.6) is 0 Å². The van der Waals surface area contributed by atoms with Gasteiger partial charge >= 0.3 is 0 Å². The summed E-state index contributed by atoms with van der Waals surface area (Å²) in [6.45, 7) is 4.83. The van der Waals surface area contributed by atoms with Crippen molar-refractivity contribution < 1.29 is 0 Å². The quantitative estimate of drug-likeness (QED) is 0.457. The molecule has 4 nitrogen and oxygen atoms in total. The molecule has 0 radical (unpaired) electrons. The minimum absolute atomic E-state index is 0. The molecule has 0 bridgehead atoms. The fourth-order valence-corrected chi connectivity index (χ4v) is 2.97. The lowest BCUT2D eigenvalue weighted by Crippen LogP contribution is -2.44. The third-order valence-corrected chi connectivity index (χ3v) is 4.31. The van der Waals surface area contributed by atoms with Crippen LogP contribution >= 0.6 is 24.0 Å². The van der Waals surface area contributed by atoms with E-state index < -0.39 is 0 Å². The van der Waals surface area contributed by atoms with Crippen LogP contribution in [0.25, 0.3) is 0 Å². The summed E-state index contributed by atoms with van der Waals surface area (Å²) in [6, 6.07) is 12.9. The monoisotopic (exact) mass is 436 g/mol. The summed E-state index contributed by atoms with van der Waals surface area (Å²) in [5.74, 6) is 0.986. The Morgan fingerprint density at radius 1 is 1.21 bits per heavy atom. The number of pyridine rings is 1. The van der Waals surface area contributed by atoms with Gasteiger partial charge < -0.3 is 10.2 Å². The molecular formula is C19H25IN4. The number of aliphatic imine (C=N–C) groups is 1. The van der Waals surface area contributed by atoms with E-state index in [9.17, 15) is 0 Å². The lowest BCUT2D eigenvalue weighted by Gasteiger charge is -2.31. The number of aromatic nitrogens is 1. The Labute approximate surface area is 161 Å². The molecule has 0 saturated heterocycles. The van der Waals surface area contributed by atoms with Crippen LogP contribution in [0.3, 0.4) is 0 Å². The Bertz CT molecular complexity index is 682. The van der Waals surface area contributed by atoms with Gasteiger partial charge in [0.15, 0.2) is 5.96 Å². The summed E-state index contributed by atoms with van der Waals surface area (Å²) >= 11 is 0. The number of fused-ring (bicyclic) bond motifs is 1. The van der Waals surface area contributed by atoms with Crippen molar-refractivity contribution >= 4 is 29.9 Å². The molecule has 0 unspecified atom stereocenters. The molecule has 1 aliphatic heterocycles. The van der Waals surface area contributed by atoms with Crippen LogP contribution < -0.4 is 5.32 Å². The maximum atomic E-state index is 4.45. The molecule has 128 valence electrons. The van der Waals surface area contributed by atoms with Gasteiger partial charge in [-0.05, 0) is 42.5 Å². The van der Waals surface area contributed by atoms with E-state index in [-0.39, 0.29) is 24.0 Å². The second kappa shape index (κ2) is 9.01. The van der Waals surface area contributed by atoms with Gasteiger partial charge in [-0.3, -0.25) is 9.98 Å². The average Bonchev–Trinajstić information content (AvgIpc) is 2.60. The molecule has 1 aliphatic rings. The standard InChI is InChI=1S/C19H24N4.HI/c1-15-7-8-16(13-22-15)9-11-21-19(20-2)23-12-10-17-5-3-4-6-18(17)14-23;/h3-8,13H,9-12,14H2,1-2H3,(H,20,21);1H. The second-order valence-electron chi connectivity index (χ2n) is 5.97. The average molecular weight is 436 g/mol. The van der Waals surface area contributed by atoms with Crippen molar-refractivity contribution in [1.29, 1.82) is 0 Å². The summed E-state index contributed by atoms with van der Waals surface area (Å²) < 4.78 is 0. The lowest BCUT2D eigenvalue weighted by molar-refractivity contribution is 0.379. The number of hydrogen-bond acceptors (Lipinski definition) is 2. The maximum absolute atomic E-state index is 4.45. The zero-order valence-electron chi connectivity index (χ0n) is 14.3. The molecule has 2 heterocycles. The molecule has 0 atom stereocenters. The predicted octanol–water partition coefficient (Wildman–Crippen LogP) is 3.18. The third kappa shape index (κ3) is 4.69. The van der Waals surface area contributed by atoms with Crippen molar-refractivity contribution in [2.45, 2.75) is 26.3 Å². The zero-order valence-corrected chi connectivity index (χ0v) is 16.7. The van der Waals surface area contributed by atoms with Crippen LogP contribution in [-0.2, 0) is 19.4 Å². The van der Waals surface area contributed by atoms with E-state index in [1.165, 1.54) is 16.7 Å². The molecule has 1 aromatic heterocycles. The van der Waals surface area contributed by atoms with Gasteiger partial charge in [0.2, 0.25) is 0 Å². The minimum Gasteiger partial charge on any atom is -0.356 e. The van der Waals surface area contributed by atoms with E-state index in [1.54, 1.807) is 0 Å². The molecule has 0 fully saturated rings. The van der Waals surface area contributed by atoms with E-state index in [4.69, 9.17) is 0 Å². The van der Waals surface area contributed by atoms with Crippen LogP contribution in [0.2, 0.25) is 0 Å². The number of rotatable bonds is 3. The van der Waals surface area contributed by atoms with E-state index >= 15 is 0 Å². The summed E-state index contributed by atoms with van der Waals surface area (Å²) in [5.41, 5.74) is 5.18. The van der Waals surface area contributed by atoms with Crippen LogP contribution in [0.4, 0.5) is 0 Å². The van der Waals surface area contributed by atoms with E-state index in [1.807, 2.05) is 20.2 Å². The first kappa shape index (κ1) is 18.7. The molecule has 0 spiro atoms. The topological polar surface area (TPSA) is 40.5 Å². The van der Waals surface area contributed by atoms with Crippen LogP contribution in [-0.4, -0.2) is 36.0 Å². The smallest absolute Gasteiger partial charge is 0.193 e. The van der Waals surface area contributed by atoms with Gasteiger partial charge in [-0.25, -0.2) is 0 Å². The fourth-order valence-electron chi connectivity index (χ4n) is 2.97. The van der Waals surface area contributed by atoms with Gasteiger partial charge in [0, 0.05) is 38.6 Å². The molecule has 2 aromatic rings. The van der Waals surface area contributed by atoms with Gasteiger partial charge in [0.25, 0.3) is 0 Å². The first-order valence-electron chi connectivity index (χ1n) is 8.20. The summed E-state index contributed by atoms with van der Waals surface area (Å²) in [7, 11) is 1.86. The van der Waals surface area contributed by atoms with Crippen LogP contribution in [0.1, 0.15) is 22.4 Å². The molecule has 3 rings (SSSR count). The highest BCUT2D eigenvalue weighted by atomic mass is 127. The molecule has 5 heteroatoms. The first-order valence-corrected chi connectivity index (χ1v) is 8.20. The van der Waals surface area contributed by atoms with Crippen molar-refractivity contribution in [3.63, 3.8) is 0 Å². The number of nitrogens with zero attached hydrogens (tertiary/aromatic N) is 3. The van der Waals surface area contributed by atoms with E-state index in [2.05, 4.69) is 56.6 Å². The first-order chi connectivity index (χ1) is 11.3. The number of nitrogens with one attached hydrogen (secondary N) is 1. The number of halogens is 1. The van der Waals surface area contributed by atoms with Crippen molar-refractivity contribution in [1.82, 2.24) is 15.2 Å². The minimum atomic E-state index is 0. The van der Waals surface area contributed by atoms with Gasteiger partial charge in [-0.15, -0.1) is 24.0 Å². The summed E-state index contributed by atoms with van der Waals surface area (Å²) in [4.78, 5) is 11.1. The fraction of sp³-hybridized carbons (Fsp3) is 0.368. The number of benzene rings is 1. The van der Waals surface area contributed by atoms with Crippen molar-refractivity contribution in [2.75, 3.05) is 20.1 Å². The SMILES string of the molecule is CN=C(NCCc1ccc(C)nc1)N1CCc2ccccc2C1.I. The summed E-state index contributed by atoms with van der Waals surface area (Å²) in [5, 5.41) is 3.48. The molecule has 0 aliphatic carbocycles. The van der Waals surface area contributed by atoms with Gasteiger partial charge in [0.1, 0.15) is 0 Å². The highest BCUT2D eigenvalue weighted by molar-refractivity contribution is 14.0. The number of guanidine groups is 1. The Kier molecular flexibility index (Phi) is 7.02. The Morgan fingerprint density at radius 3 is 2.71 bits per heavy atom. The second-order valence-corrected chi connectivity index (χ2v) is 5.97. The van der Waals surface area contributed by atoms with Crippen LogP contribution in [0.15, 0.2) is 47.6 Å². The van der Waals surface area contributed by atoms with Crippen molar-refractivity contribution in [3.05, 3.63) is 65.0 Å². The molecule has 1 aromatic carbocycles. The largest absolute Gasteiger partial charge is 0.356 e. The predicted molar refractivity (Wildman–Crippen MR) is 110 cm³/mol. The molecule has 0 amide bonds. The van der Waals surface area contributed by atoms with Gasteiger partial charge in [0.05, 0.1) is 0 Å². The highest BCUT2D eigenvalue weighted by Crippen LogP contribution is 2.18. The number of aryl methyl sites for hydroxylation is 1. The Balaban J connectivity index is 0.00000208. The lowest BCUT2D eigenvalue weighted by atomic mass is 10.0. The molecule has 1 N–H and O–H groups in total. The summed E-state index contributed by atoms with van der Waals surface area (Å²) in [6.07, 6.45) is 3.99. The Hall–Kier alpha value is -1.63. The Morgan fingerprint density at radius 2 is 2.00 bits per heavy atom.